The Hall–Kier alpha value is -2.21. The minimum absolute atomic E-state index is 0.128. The lowest BCUT2D eigenvalue weighted by Gasteiger charge is -2.12. The largest absolute Gasteiger partial charge is 0.493 e. The van der Waals surface area contributed by atoms with E-state index in [1.807, 2.05) is 6.07 Å². The summed E-state index contributed by atoms with van der Waals surface area (Å²) >= 11 is 3.36. The molecular weight excluding hydrogens is 352 g/mol. The number of rotatable bonds is 7. The van der Waals surface area contributed by atoms with E-state index in [0.717, 1.165) is 4.47 Å². The summed E-state index contributed by atoms with van der Waals surface area (Å²) < 4.78 is 17.2. The molecule has 0 aromatic heterocycles. The molecule has 0 atom stereocenters. The molecular formula is C16H15BrO5. The van der Waals surface area contributed by atoms with Crippen LogP contribution in [0.4, 0.5) is 0 Å². The summed E-state index contributed by atoms with van der Waals surface area (Å²) in [6.07, 6.45) is 0. The van der Waals surface area contributed by atoms with E-state index < -0.39 is 5.97 Å². The molecule has 2 aromatic carbocycles. The van der Waals surface area contributed by atoms with Crippen LogP contribution in [0.2, 0.25) is 0 Å². The third-order valence-electron chi connectivity index (χ3n) is 2.84. The zero-order valence-corrected chi connectivity index (χ0v) is 13.5. The molecule has 0 saturated carbocycles. The summed E-state index contributed by atoms with van der Waals surface area (Å²) in [5.41, 5.74) is 0.128. The first-order chi connectivity index (χ1) is 10.6. The number of methoxy groups -OCH3 is 1. The highest BCUT2D eigenvalue weighted by Crippen LogP contribution is 2.30. The van der Waals surface area contributed by atoms with Crippen LogP contribution >= 0.6 is 15.9 Å². The predicted molar refractivity (Wildman–Crippen MR) is 85.1 cm³/mol. The van der Waals surface area contributed by atoms with Crippen LogP contribution in [0.15, 0.2) is 46.9 Å². The average molecular weight is 367 g/mol. The minimum Gasteiger partial charge on any atom is -0.493 e. The van der Waals surface area contributed by atoms with Gasteiger partial charge in [-0.3, -0.25) is 0 Å². The molecule has 116 valence electrons. The zero-order valence-electron chi connectivity index (χ0n) is 11.9. The Morgan fingerprint density at radius 1 is 1.05 bits per heavy atom. The van der Waals surface area contributed by atoms with Crippen LogP contribution in [0.1, 0.15) is 10.4 Å². The Morgan fingerprint density at radius 2 is 1.73 bits per heavy atom. The Bertz CT molecular complexity index is 657. The molecule has 0 saturated heterocycles. The normalized spacial score (nSPS) is 10.1. The lowest BCUT2D eigenvalue weighted by Crippen LogP contribution is -2.11. The van der Waals surface area contributed by atoms with Crippen LogP contribution in [0, 0.1) is 0 Å². The molecule has 0 fully saturated rings. The van der Waals surface area contributed by atoms with Gasteiger partial charge in [0.15, 0.2) is 11.5 Å². The highest BCUT2D eigenvalue weighted by atomic mass is 79.9. The van der Waals surface area contributed by atoms with Crippen LogP contribution in [0.5, 0.6) is 17.2 Å². The molecule has 22 heavy (non-hydrogen) atoms. The molecule has 1 N–H and O–H groups in total. The van der Waals surface area contributed by atoms with Crippen molar-refractivity contribution in [2.75, 3.05) is 20.3 Å². The third kappa shape index (κ3) is 4.14. The molecule has 0 aliphatic heterocycles. The van der Waals surface area contributed by atoms with Gasteiger partial charge in [0.25, 0.3) is 0 Å². The standard InChI is InChI=1S/C16H15BrO5/c1-20-15-10-11(17)6-7-14(15)22-9-8-21-13-5-3-2-4-12(13)16(18)19/h2-7,10H,8-9H2,1H3,(H,18,19). The summed E-state index contributed by atoms with van der Waals surface area (Å²) in [5, 5.41) is 9.06. The first kappa shape index (κ1) is 16.2. The second-order valence-corrected chi connectivity index (χ2v) is 5.21. The molecule has 5 nitrogen and oxygen atoms in total. The lowest BCUT2D eigenvalue weighted by molar-refractivity contribution is 0.0691. The highest BCUT2D eigenvalue weighted by molar-refractivity contribution is 9.10. The van der Waals surface area contributed by atoms with Crippen LogP contribution in [-0.4, -0.2) is 31.4 Å². The fourth-order valence-corrected chi connectivity index (χ4v) is 2.17. The summed E-state index contributed by atoms with van der Waals surface area (Å²) in [5.74, 6) is 0.508. The van der Waals surface area contributed by atoms with Crippen LogP contribution in [0.25, 0.3) is 0 Å². The molecule has 2 aromatic rings. The molecule has 0 aliphatic carbocycles. The lowest BCUT2D eigenvalue weighted by atomic mass is 10.2. The van der Waals surface area contributed by atoms with Gasteiger partial charge < -0.3 is 19.3 Å². The molecule has 0 aliphatic rings. The van der Waals surface area contributed by atoms with E-state index in [1.165, 1.54) is 6.07 Å². The van der Waals surface area contributed by atoms with Gasteiger partial charge in [0, 0.05) is 4.47 Å². The van der Waals surface area contributed by atoms with Crippen molar-refractivity contribution in [1.29, 1.82) is 0 Å². The van der Waals surface area contributed by atoms with E-state index in [-0.39, 0.29) is 18.8 Å². The number of carboxylic acids is 1. The van der Waals surface area contributed by atoms with Gasteiger partial charge in [-0.15, -0.1) is 0 Å². The Morgan fingerprint density at radius 3 is 2.41 bits per heavy atom. The molecule has 2 rings (SSSR count). The van der Waals surface area contributed by atoms with Gasteiger partial charge in [0.2, 0.25) is 0 Å². The van der Waals surface area contributed by atoms with Crippen molar-refractivity contribution < 1.29 is 24.1 Å². The van der Waals surface area contributed by atoms with Gasteiger partial charge in [-0.25, -0.2) is 4.79 Å². The predicted octanol–water partition coefficient (Wildman–Crippen LogP) is 3.61. The second-order valence-electron chi connectivity index (χ2n) is 4.29. The van der Waals surface area contributed by atoms with Crippen molar-refractivity contribution in [3.8, 4) is 17.2 Å². The number of para-hydroxylation sites is 1. The van der Waals surface area contributed by atoms with Gasteiger partial charge >= 0.3 is 5.97 Å². The molecule has 0 heterocycles. The maximum Gasteiger partial charge on any atom is 0.339 e. The van der Waals surface area contributed by atoms with Crippen molar-refractivity contribution in [3.63, 3.8) is 0 Å². The number of benzene rings is 2. The maximum absolute atomic E-state index is 11.1. The SMILES string of the molecule is COc1cc(Br)ccc1OCCOc1ccccc1C(=O)O. The molecule has 0 unspecified atom stereocenters. The first-order valence-corrected chi connectivity index (χ1v) is 7.32. The number of hydrogen-bond acceptors (Lipinski definition) is 4. The molecule has 0 radical (unpaired) electrons. The molecule has 0 bridgehead atoms. The van der Waals surface area contributed by atoms with Gasteiger partial charge in [-0.2, -0.15) is 0 Å². The topological polar surface area (TPSA) is 65.0 Å². The van der Waals surface area contributed by atoms with Crippen molar-refractivity contribution in [3.05, 3.63) is 52.5 Å². The number of carboxylic acid groups (broad SMARTS) is 1. The summed E-state index contributed by atoms with van der Waals surface area (Å²) in [6, 6.07) is 11.9. The first-order valence-electron chi connectivity index (χ1n) is 6.53. The number of hydrogen-bond donors (Lipinski definition) is 1. The van der Waals surface area contributed by atoms with Gasteiger partial charge in [-0.1, -0.05) is 28.1 Å². The van der Waals surface area contributed by atoms with E-state index in [2.05, 4.69) is 15.9 Å². The fourth-order valence-electron chi connectivity index (χ4n) is 1.83. The quantitative estimate of drug-likeness (QED) is 0.758. The summed E-state index contributed by atoms with van der Waals surface area (Å²) in [6.45, 7) is 0.495. The summed E-state index contributed by atoms with van der Waals surface area (Å²) in [7, 11) is 1.56. The molecule has 0 amide bonds. The molecule has 6 heteroatoms. The van der Waals surface area contributed by atoms with Gasteiger partial charge in [0.05, 0.1) is 7.11 Å². The van der Waals surface area contributed by atoms with E-state index in [9.17, 15) is 4.79 Å². The number of aromatic carboxylic acids is 1. The van der Waals surface area contributed by atoms with E-state index in [1.54, 1.807) is 37.4 Å². The van der Waals surface area contributed by atoms with Gasteiger partial charge in [-0.05, 0) is 30.3 Å². The van der Waals surface area contributed by atoms with Gasteiger partial charge in [0.1, 0.15) is 24.5 Å². The number of ether oxygens (including phenoxy) is 3. The van der Waals surface area contributed by atoms with E-state index in [0.29, 0.717) is 17.2 Å². The van der Waals surface area contributed by atoms with Crippen molar-refractivity contribution in [2.24, 2.45) is 0 Å². The van der Waals surface area contributed by atoms with E-state index in [4.69, 9.17) is 19.3 Å². The third-order valence-corrected chi connectivity index (χ3v) is 3.33. The maximum atomic E-state index is 11.1. The Kier molecular flexibility index (Phi) is 5.66. The fraction of sp³-hybridized carbons (Fsp3) is 0.188. The zero-order chi connectivity index (χ0) is 15.9. The second kappa shape index (κ2) is 7.70. The van der Waals surface area contributed by atoms with Crippen LogP contribution in [-0.2, 0) is 0 Å². The van der Waals surface area contributed by atoms with Crippen molar-refractivity contribution in [2.45, 2.75) is 0 Å². The van der Waals surface area contributed by atoms with Crippen molar-refractivity contribution in [1.82, 2.24) is 0 Å². The smallest absolute Gasteiger partial charge is 0.339 e. The number of halogens is 1. The summed E-state index contributed by atoms with van der Waals surface area (Å²) in [4.78, 5) is 11.1. The monoisotopic (exact) mass is 366 g/mol. The number of carbonyl (C=O) groups is 1. The Balaban J connectivity index is 1.92. The molecule has 0 spiro atoms. The average Bonchev–Trinajstić information content (AvgIpc) is 2.52. The highest BCUT2D eigenvalue weighted by Gasteiger charge is 2.10. The van der Waals surface area contributed by atoms with E-state index >= 15 is 0 Å². The van der Waals surface area contributed by atoms with Crippen LogP contribution < -0.4 is 14.2 Å². The van der Waals surface area contributed by atoms with Crippen LogP contribution in [0.3, 0.4) is 0 Å². The minimum atomic E-state index is -1.02. The Labute approximate surface area is 136 Å². The van der Waals surface area contributed by atoms with Crippen molar-refractivity contribution >= 4 is 21.9 Å².